The standard InChI is InChI=1S/C13H17F2N3O/c1-2-7-18-10(8-17-13(18)16)9-5-3-4-6-11(9)19-12(14)15/h3-6,10,12H,2,7-8H2,1H3,(H2,16,17). The van der Waals surface area contributed by atoms with E-state index in [-0.39, 0.29) is 11.8 Å². The van der Waals surface area contributed by atoms with Crippen LogP contribution in [0.4, 0.5) is 8.78 Å². The van der Waals surface area contributed by atoms with Crippen molar-refractivity contribution in [3.05, 3.63) is 29.8 Å². The highest BCUT2D eigenvalue weighted by atomic mass is 19.3. The molecule has 0 saturated heterocycles. The number of guanidine groups is 1. The van der Waals surface area contributed by atoms with Gasteiger partial charge in [-0.2, -0.15) is 8.78 Å². The van der Waals surface area contributed by atoms with E-state index >= 15 is 0 Å². The topological polar surface area (TPSA) is 50.8 Å². The average molecular weight is 269 g/mol. The third-order valence-corrected chi connectivity index (χ3v) is 3.06. The highest BCUT2D eigenvalue weighted by Crippen LogP contribution is 2.33. The zero-order valence-electron chi connectivity index (χ0n) is 10.7. The minimum atomic E-state index is -2.83. The highest BCUT2D eigenvalue weighted by molar-refractivity contribution is 5.80. The molecule has 4 nitrogen and oxygen atoms in total. The molecular formula is C13H17F2N3O. The van der Waals surface area contributed by atoms with Gasteiger partial charge in [0.2, 0.25) is 0 Å². The molecule has 1 aliphatic rings. The van der Waals surface area contributed by atoms with Gasteiger partial charge < -0.3 is 15.4 Å². The number of halogens is 2. The number of rotatable bonds is 5. The van der Waals surface area contributed by atoms with Crippen molar-refractivity contribution in [3.8, 4) is 5.75 Å². The van der Waals surface area contributed by atoms with E-state index in [0.717, 1.165) is 13.0 Å². The summed E-state index contributed by atoms with van der Waals surface area (Å²) in [6.07, 6.45) is 0.907. The Morgan fingerprint density at radius 3 is 2.89 bits per heavy atom. The first-order valence-electron chi connectivity index (χ1n) is 6.23. The predicted octanol–water partition coefficient (Wildman–Crippen LogP) is 2.37. The van der Waals surface area contributed by atoms with Gasteiger partial charge in [0.1, 0.15) is 5.75 Å². The van der Waals surface area contributed by atoms with E-state index in [9.17, 15) is 8.78 Å². The lowest BCUT2D eigenvalue weighted by molar-refractivity contribution is -0.0508. The SMILES string of the molecule is CCCN1C(N)=NCC1c1ccccc1OC(F)F. The molecule has 1 aromatic rings. The van der Waals surface area contributed by atoms with Gasteiger partial charge in [-0.3, -0.25) is 4.99 Å². The Labute approximate surface area is 110 Å². The fraction of sp³-hybridized carbons (Fsp3) is 0.462. The molecule has 0 saturated carbocycles. The van der Waals surface area contributed by atoms with Crippen LogP contribution in [-0.2, 0) is 0 Å². The molecule has 6 heteroatoms. The molecule has 1 aromatic carbocycles. The van der Waals surface area contributed by atoms with Crippen LogP contribution in [0.3, 0.4) is 0 Å². The minimum absolute atomic E-state index is 0.130. The maximum absolute atomic E-state index is 12.4. The van der Waals surface area contributed by atoms with Crippen LogP contribution in [0.1, 0.15) is 24.9 Å². The number of benzene rings is 1. The quantitative estimate of drug-likeness (QED) is 0.892. The van der Waals surface area contributed by atoms with E-state index in [2.05, 4.69) is 9.73 Å². The number of nitrogens with zero attached hydrogens (tertiary/aromatic N) is 2. The molecule has 0 aromatic heterocycles. The first-order valence-corrected chi connectivity index (χ1v) is 6.23. The summed E-state index contributed by atoms with van der Waals surface area (Å²) in [5.41, 5.74) is 6.53. The molecule has 0 bridgehead atoms. The lowest BCUT2D eigenvalue weighted by Crippen LogP contribution is -2.36. The van der Waals surface area contributed by atoms with Crippen molar-refractivity contribution in [2.45, 2.75) is 26.0 Å². The molecule has 19 heavy (non-hydrogen) atoms. The van der Waals surface area contributed by atoms with Crippen molar-refractivity contribution in [2.24, 2.45) is 10.7 Å². The van der Waals surface area contributed by atoms with E-state index in [0.29, 0.717) is 18.1 Å². The number of hydrogen-bond acceptors (Lipinski definition) is 4. The molecule has 0 aliphatic carbocycles. The van der Waals surface area contributed by atoms with Crippen molar-refractivity contribution < 1.29 is 13.5 Å². The number of para-hydroxylation sites is 1. The molecule has 1 atom stereocenters. The molecule has 104 valence electrons. The molecule has 2 rings (SSSR count). The Balaban J connectivity index is 2.26. The van der Waals surface area contributed by atoms with E-state index in [1.165, 1.54) is 0 Å². The van der Waals surface area contributed by atoms with Crippen LogP contribution in [0.15, 0.2) is 29.3 Å². The molecule has 0 radical (unpaired) electrons. The number of hydrogen-bond donors (Lipinski definition) is 1. The minimum Gasteiger partial charge on any atom is -0.434 e. The third kappa shape index (κ3) is 2.94. The molecule has 0 fully saturated rings. The maximum Gasteiger partial charge on any atom is 0.387 e. The zero-order valence-corrected chi connectivity index (χ0v) is 10.7. The summed E-state index contributed by atoms with van der Waals surface area (Å²) in [5, 5.41) is 0. The number of nitrogens with two attached hydrogens (primary N) is 1. The Bertz CT molecular complexity index is 465. The largest absolute Gasteiger partial charge is 0.434 e. The van der Waals surface area contributed by atoms with E-state index in [1.54, 1.807) is 24.3 Å². The Kier molecular flexibility index (Phi) is 4.19. The van der Waals surface area contributed by atoms with E-state index in [1.807, 2.05) is 11.8 Å². The fourth-order valence-electron chi connectivity index (χ4n) is 2.27. The molecule has 0 amide bonds. The summed E-state index contributed by atoms with van der Waals surface area (Å²) in [6.45, 7) is 0.406. The summed E-state index contributed by atoms with van der Waals surface area (Å²) in [5.74, 6) is 0.646. The van der Waals surface area contributed by atoms with Gasteiger partial charge in [0.25, 0.3) is 0 Å². The van der Waals surface area contributed by atoms with Crippen LogP contribution >= 0.6 is 0 Å². The van der Waals surface area contributed by atoms with Crippen molar-refractivity contribution in [3.63, 3.8) is 0 Å². The van der Waals surface area contributed by atoms with E-state index in [4.69, 9.17) is 5.73 Å². The van der Waals surface area contributed by atoms with Crippen molar-refractivity contribution in [1.29, 1.82) is 0 Å². The second-order valence-electron chi connectivity index (χ2n) is 4.32. The predicted molar refractivity (Wildman–Crippen MR) is 69.3 cm³/mol. The van der Waals surface area contributed by atoms with Crippen LogP contribution in [0, 0.1) is 0 Å². The summed E-state index contributed by atoms with van der Waals surface area (Å²) in [6, 6.07) is 6.66. The molecule has 1 heterocycles. The Morgan fingerprint density at radius 2 is 2.21 bits per heavy atom. The third-order valence-electron chi connectivity index (χ3n) is 3.06. The smallest absolute Gasteiger partial charge is 0.387 e. The maximum atomic E-state index is 12.4. The molecule has 0 spiro atoms. The van der Waals surface area contributed by atoms with Crippen molar-refractivity contribution in [1.82, 2.24) is 4.90 Å². The normalized spacial score (nSPS) is 18.8. The van der Waals surface area contributed by atoms with Gasteiger partial charge in [-0.15, -0.1) is 0 Å². The summed E-state index contributed by atoms with van der Waals surface area (Å²) >= 11 is 0. The van der Waals surface area contributed by atoms with Crippen LogP contribution in [-0.4, -0.2) is 30.6 Å². The summed E-state index contributed by atoms with van der Waals surface area (Å²) in [4.78, 5) is 6.12. The van der Waals surface area contributed by atoms with Crippen LogP contribution < -0.4 is 10.5 Å². The Hall–Kier alpha value is -1.85. The number of alkyl halides is 2. The van der Waals surface area contributed by atoms with Crippen molar-refractivity contribution in [2.75, 3.05) is 13.1 Å². The van der Waals surface area contributed by atoms with Gasteiger partial charge >= 0.3 is 6.61 Å². The molecular weight excluding hydrogens is 252 g/mol. The van der Waals surface area contributed by atoms with Gasteiger partial charge in [-0.25, -0.2) is 0 Å². The molecule has 2 N–H and O–H groups in total. The van der Waals surface area contributed by atoms with Gasteiger partial charge in [0.05, 0.1) is 12.6 Å². The van der Waals surface area contributed by atoms with Gasteiger partial charge in [-0.1, -0.05) is 25.1 Å². The van der Waals surface area contributed by atoms with Gasteiger partial charge in [0, 0.05) is 12.1 Å². The second-order valence-corrected chi connectivity index (χ2v) is 4.32. The van der Waals surface area contributed by atoms with E-state index < -0.39 is 6.61 Å². The highest BCUT2D eigenvalue weighted by Gasteiger charge is 2.29. The lowest BCUT2D eigenvalue weighted by atomic mass is 10.0. The fourth-order valence-corrected chi connectivity index (χ4v) is 2.27. The number of ether oxygens (including phenoxy) is 1. The van der Waals surface area contributed by atoms with Gasteiger partial charge in [0.15, 0.2) is 5.96 Å². The van der Waals surface area contributed by atoms with Crippen LogP contribution in [0.5, 0.6) is 5.75 Å². The van der Waals surface area contributed by atoms with Crippen LogP contribution in [0.2, 0.25) is 0 Å². The van der Waals surface area contributed by atoms with Crippen LogP contribution in [0.25, 0.3) is 0 Å². The second kappa shape index (κ2) is 5.86. The average Bonchev–Trinajstić information content (AvgIpc) is 2.72. The van der Waals surface area contributed by atoms with Crippen molar-refractivity contribution >= 4 is 5.96 Å². The monoisotopic (exact) mass is 269 g/mol. The first kappa shape index (κ1) is 13.6. The summed E-state index contributed by atoms with van der Waals surface area (Å²) in [7, 11) is 0. The molecule has 1 unspecified atom stereocenters. The molecule has 1 aliphatic heterocycles. The number of aliphatic imine (C=N–C) groups is 1. The summed E-state index contributed by atoms with van der Waals surface area (Å²) < 4.78 is 29.4. The zero-order chi connectivity index (χ0) is 13.8. The first-order chi connectivity index (χ1) is 9.13. The Morgan fingerprint density at radius 1 is 1.47 bits per heavy atom. The lowest BCUT2D eigenvalue weighted by Gasteiger charge is -2.27. The van der Waals surface area contributed by atoms with Gasteiger partial charge in [-0.05, 0) is 12.5 Å².